The van der Waals surface area contributed by atoms with Gasteiger partial charge in [0.2, 0.25) is 0 Å². The van der Waals surface area contributed by atoms with Crippen LogP contribution in [0.2, 0.25) is 10.2 Å². The molecule has 1 N–H and O–H groups in total. The van der Waals surface area contributed by atoms with Gasteiger partial charge in [-0.2, -0.15) is 5.26 Å². The van der Waals surface area contributed by atoms with E-state index in [9.17, 15) is 0 Å². The molecule has 0 aliphatic rings. The van der Waals surface area contributed by atoms with E-state index in [1.54, 1.807) is 24.3 Å². The van der Waals surface area contributed by atoms with Crippen LogP contribution in [0.15, 0.2) is 24.3 Å². The summed E-state index contributed by atoms with van der Waals surface area (Å²) in [5.41, 5.74) is 1.17. The Morgan fingerprint density at radius 1 is 1.26 bits per heavy atom. The number of halogens is 2. The SMILES string of the molecule is CCc1nc(Cl)cc(Nc2ccc(C#N)cc2Cl)n1. The molecule has 1 aromatic heterocycles. The number of nitrogens with zero attached hydrogens (tertiary/aromatic N) is 3. The summed E-state index contributed by atoms with van der Waals surface area (Å²) in [5, 5.41) is 12.7. The summed E-state index contributed by atoms with van der Waals surface area (Å²) < 4.78 is 0. The van der Waals surface area contributed by atoms with E-state index in [2.05, 4.69) is 15.3 Å². The summed E-state index contributed by atoms with van der Waals surface area (Å²) in [6.07, 6.45) is 0.691. The van der Waals surface area contributed by atoms with Crippen molar-refractivity contribution in [3.05, 3.63) is 45.8 Å². The van der Waals surface area contributed by atoms with Crippen molar-refractivity contribution in [2.45, 2.75) is 13.3 Å². The maximum Gasteiger partial charge on any atom is 0.135 e. The van der Waals surface area contributed by atoms with Gasteiger partial charge in [0.05, 0.1) is 22.3 Å². The summed E-state index contributed by atoms with van der Waals surface area (Å²) in [6.45, 7) is 1.95. The second-order valence-electron chi connectivity index (χ2n) is 3.78. The molecule has 0 saturated heterocycles. The third-order valence-corrected chi connectivity index (χ3v) is 2.92. The highest BCUT2D eigenvalue weighted by Crippen LogP contribution is 2.26. The Bertz CT molecular complexity index is 650. The van der Waals surface area contributed by atoms with E-state index in [0.717, 1.165) is 0 Å². The van der Waals surface area contributed by atoms with Gasteiger partial charge in [-0.1, -0.05) is 30.1 Å². The predicted octanol–water partition coefficient (Wildman–Crippen LogP) is 3.96. The minimum Gasteiger partial charge on any atom is -0.339 e. The second kappa shape index (κ2) is 5.87. The molecule has 0 spiro atoms. The summed E-state index contributed by atoms with van der Waals surface area (Å²) in [5.74, 6) is 1.23. The van der Waals surface area contributed by atoms with Gasteiger partial charge in [0, 0.05) is 12.5 Å². The Morgan fingerprint density at radius 2 is 2.05 bits per heavy atom. The van der Waals surface area contributed by atoms with Crippen LogP contribution in [-0.4, -0.2) is 9.97 Å². The van der Waals surface area contributed by atoms with Crippen LogP contribution in [0.1, 0.15) is 18.3 Å². The standard InChI is InChI=1S/C13H10Cl2N4/c1-2-12-18-11(15)6-13(19-12)17-10-4-3-8(7-16)5-9(10)14/h3-6H,2H2,1H3,(H,17,18,19). The first-order chi connectivity index (χ1) is 9.12. The molecule has 0 radical (unpaired) electrons. The zero-order chi connectivity index (χ0) is 13.8. The molecule has 0 amide bonds. The lowest BCUT2D eigenvalue weighted by Gasteiger charge is -2.09. The fourth-order valence-electron chi connectivity index (χ4n) is 1.51. The van der Waals surface area contributed by atoms with Gasteiger partial charge in [-0.3, -0.25) is 0 Å². The number of nitriles is 1. The number of hydrogen-bond donors (Lipinski definition) is 1. The summed E-state index contributed by atoms with van der Waals surface area (Å²) >= 11 is 12.0. The molecular weight excluding hydrogens is 283 g/mol. The maximum atomic E-state index is 8.78. The van der Waals surface area contributed by atoms with Crippen molar-refractivity contribution in [3.63, 3.8) is 0 Å². The number of rotatable bonds is 3. The second-order valence-corrected chi connectivity index (χ2v) is 4.57. The first-order valence-corrected chi connectivity index (χ1v) is 6.38. The molecule has 19 heavy (non-hydrogen) atoms. The molecular formula is C13H10Cl2N4. The number of aryl methyl sites for hydroxylation is 1. The zero-order valence-electron chi connectivity index (χ0n) is 10.1. The zero-order valence-corrected chi connectivity index (χ0v) is 11.6. The fraction of sp³-hybridized carbons (Fsp3) is 0.154. The van der Waals surface area contributed by atoms with E-state index in [4.69, 9.17) is 28.5 Å². The third-order valence-electron chi connectivity index (χ3n) is 2.42. The van der Waals surface area contributed by atoms with Crippen molar-refractivity contribution in [3.8, 4) is 6.07 Å². The normalized spacial score (nSPS) is 10.0. The molecule has 6 heteroatoms. The molecule has 2 aromatic rings. The van der Waals surface area contributed by atoms with Crippen molar-refractivity contribution in [2.24, 2.45) is 0 Å². The molecule has 0 unspecified atom stereocenters. The van der Waals surface area contributed by atoms with Crippen molar-refractivity contribution >= 4 is 34.7 Å². The van der Waals surface area contributed by atoms with Crippen LogP contribution < -0.4 is 5.32 Å². The number of aromatic nitrogens is 2. The molecule has 2 rings (SSSR count). The average molecular weight is 293 g/mol. The van der Waals surface area contributed by atoms with Crippen LogP contribution in [0.4, 0.5) is 11.5 Å². The smallest absolute Gasteiger partial charge is 0.135 e. The van der Waals surface area contributed by atoms with E-state index in [0.29, 0.717) is 39.5 Å². The van der Waals surface area contributed by atoms with Gasteiger partial charge in [0.15, 0.2) is 0 Å². The van der Waals surface area contributed by atoms with E-state index in [1.165, 1.54) is 0 Å². The first kappa shape index (κ1) is 13.6. The van der Waals surface area contributed by atoms with Crippen molar-refractivity contribution in [2.75, 3.05) is 5.32 Å². The van der Waals surface area contributed by atoms with Crippen LogP contribution in [0.5, 0.6) is 0 Å². The Hall–Kier alpha value is -1.83. The van der Waals surface area contributed by atoms with E-state index < -0.39 is 0 Å². The van der Waals surface area contributed by atoms with Crippen LogP contribution >= 0.6 is 23.2 Å². The van der Waals surface area contributed by atoms with Gasteiger partial charge < -0.3 is 5.32 Å². The van der Waals surface area contributed by atoms with E-state index >= 15 is 0 Å². The van der Waals surface area contributed by atoms with Crippen molar-refractivity contribution in [1.29, 1.82) is 5.26 Å². The molecule has 1 heterocycles. The monoisotopic (exact) mass is 292 g/mol. The van der Waals surface area contributed by atoms with Crippen LogP contribution in [0.3, 0.4) is 0 Å². The van der Waals surface area contributed by atoms with Gasteiger partial charge in [-0.25, -0.2) is 9.97 Å². The number of benzene rings is 1. The predicted molar refractivity (Wildman–Crippen MR) is 75.9 cm³/mol. The average Bonchev–Trinajstić information content (AvgIpc) is 2.40. The Balaban J connectivity index is 2.31. The van der Waals surface area contributed by atoms with Gasteiger partial charge in [-0.15, -0.1) is 0 Å². The lowest BCUT2D eigenvalue weighted by atomic mass is 10.2. The molecule has 0 saturated carbocycles. The highest BCUT2D eigenvalue weighted by atomic mass is 35.5. The molecule has 0 fully saturated rings. The van der Waals surface area contributed by atoms with E-state index in [1.807, 2.05) is 13.0 Å². The highest BCUT2D eigenvalue weighted by Gasteiger charge is 2.06. The van der Waals surface area contributed by atoms with Gasteiger partial charge >= 0.3 is 0 Å². The topological polar surface area (TPSA) is 61.6 Å². The first-order valence-electron chi connectivity index (χ1n) is 5.62. The Labute approximate surface area is 121 Å². The van der Waals surface area contributed by atoms with Gasteiger partial charge in [0.25, 0.3) is 0 Å². The van der Waals surface area contributed by atoms with Gasteiger partial charge in [0.1, 0.15) is 16.8 Å². The molecule has 96 valence electrons. The van der Waals surface area contributed by atoms with Crippen LogP contribution in [0, 0.1) is 11.3 Å². The van der Waals surface area contributed by atoms with Crippen molar-refractivity contribution in [1.82, 2.24) is 9.97 Å². The molecule has 0 atom stereocenters. The molecule has 1 aromatic carbocycles. The lowest BCUT2D eigenvalue weighted by molar-refractivity contribution is 0.943. The number of anilines is 2. The molecule has 0 aliphatic carbocycles. The third kappa shape index (κ3) is 3.34. The molecule has 0 bridgehead atoms. The summed E-state index contributed by atoms with van der Waals surface area (Å²) in [4.78, 5) is 8.38. The van der Waals surface area contributed by atoms with Crippen molar-refractivity contribution < 1.29 is 0 Å². The molecule has 4 nitrogen and oxygen atoms in total. The minimum absolute atomic E-state index is 0.374. The fourth-order valence-corrected chi connectivity index (χ4v) is 1.94. The lowest BCUT2D eigenvalue weighted by Crippen LogP contribution is -2.00. The number of hydrogen-bond acceptors (Lipinski definition) is 4. The van der Waals surface area contributed by atoms with E-state index in [-0.39, 0.29) is 0 Å². The largest absolute Gasteiger partial charge is 0.339 e. The van der Waals surface area contributed by atoms with Crippen LogP contribution in [0.25, 0.3) is 0 Å². The van der Waals surface area contributed by atoms with Gasteiger partial charge in [-0.05, 0) is 18.2 Å². The number of nitrogens with one attached hydrogen (secondary N) is 1. The minimum atomic E-state index is 0.374. The summed E-state index contributed by atoms with van der Waals surface area (Å²) in [7, 11) is 0. The highest BCUT2D eigenvalue weighted by molar-refractivity contribution is 6.33. The van der Waals surface area contributed by atoms with Crippen LogP contribution in [-0.2, 0) is 6.42 Å². The molecule has 0 aliphatic heterocycles. The Kier molecular flexibility index (Phi) is 4.20. The maximum absolute atomic E-state index is 8.78. The quantitative estimate of drug-likeness (QED) is 0.870. The summed E-state index contributed by atoms with van der Waals surface area (Å²) in [6, 6.07) is 8.64. The Morgan fingerprint density at radius 3 is 2.68 bits per heavy atom.